The van der Waals surface area contributed by atoms with Gasteiger partial charge in [0.05, 0.1) is 36.0 Å². The third-order valence-corrected chi connectivity index (χ3v) is 6.38. The minimum absolute atomic E-state index is 0.0564. The molecule has 1 saturated heterocycles. The van der Waals surface area contributed by atoms with Crippen LogP contribution in [-0.4, -0.2) is 36.0 Å². The number of esters is 1. The van der Waals surface area contributed by atoms with Crippen molar-refractivity contribution in [3.63, 3.8) is 0 Å². The molecule has 3 aromatic carbocycles. The summed E-state index contributed by atoms with van der Waals surface area (Å²) in [5.41, 5.74) is 4.07. The number of aliphatic hydroxyl groups is 1. The van der Waals surface area contributed by atoms with Gasteiger partial charge in [0.25, 0.3) is 11.7 Å². The molecule has 1 atom stereocenters. The van der Waals surface area contributed by atoms with Crippen molar-refractivity contribution in [2.24, 2.45) is 0 Å². The first-order valence-electron chi connectivity index (χ1n) is 12.4. The number of methoxy groups -OCH3 is 1. The van der Waals surface area contributed by atoms with Crippen LogP contribution in [0, 0.1) is 20.8 Å². The van der Waals surface area contributed by atoms with Gasteiger partial charge in [-0.15, -0.1) is 0 Å². The zero-order valence-electron chi connectivity index (χ0n) is 22.4. The summed E-state index contributed by atoms with van der Waals surface area (Å²) >= 11 is 0. The van der Waals surface area contributed by atoms with Crippen LogP contribution in [0.15, 0.2) is 66.2 Å². The largest absolute Gasteiger partial charge is 0.507 e. The lowest BCUT2D eigenvalue weighted by molar-refractivity contribution is -0.132. The molecule has 1 N–H and O–H groups in total. The Morgan fingerprint density at radius 1 is 0.947 bits per heavy atom. The maximum Gasteiger partial charge on any atom is 0.338 e. The van der Waals surface area contributed by atoms with E-state index >= 15 is 0 Å². The second-order valence-electron chi connectivity index (χ2n) is 9.75. The molecule has 0 bridgehead atoms. The first-order valence-corrected chi connectivity index (χ1v) is 12.4. The molecule has 1 unspecified atom stereocenters. The molecule has 1 aliphatic heterocycles. The minimum atomic E-state index is -0.934. The number of hydrogen-bond acceptors (Lipinski definition) is 6. The Kier molecular flexibility index (Phi) is 7.39. The number of ketones is 1. The molecule has 0 saturated carbocycles. The quantitative estimate of drug-likeness (QED) is 0.193. The molecular weight excluding hydrogens is 482 g/mol. The van der Waals surface area contributed by atoms with E-state index in [1.54, 1.807) is 44.2 Å². The molecule has 4 rings (SSSR count). The fourth-order valence-electron chi connectivity index (χ4n) is 4.87. The number of benzene rings is 3. The first kappa shape index (κ1) is 26.7. The van der Waals surface area contributed by atoms with E-state index in [4.69, 9.17) is 9.47 Å². The Hall–Kier alpha value is -4.39. The Morgan fingerprint density at radius 3 is 2.32 bits per heavy atom. The van der Waals surface area contributed by atoms with Crippen molar-refractivity contribution in [2.75, 3.05) is 12.0 Å². The molecule has 1 aliphatic rings. The molecule has 1 heterocycles. The van der Waals surface area contributed by atoms with Crippen molar-refractivity contribution in [1.29, 1.82) is 0 Å². The lowest BCUT2D eigenvalue weighted by atomic mass is 9.93. The number of aryl methyl sites for hydroxylation is 3. The van der Waals surface area contributed by atoms with E-state index in [0.717, 1.165) is 16.7 Å². The highest BCUT2D eigenvalue weighted by molar-refractivity contribution is 6.51. The third-order valence-electron chi connectivity index (χ3n) is 6.38. The van der Waals surface area contributed by atoms with Gasteiger partial charge in [0, 0.05) is 5.69 Å². The van der Waals surface area contributed by atoms with Crippen LogP contribution in [0.3, 0.4) is 0 Å². The molecule has 38 heavy (non-hydrogen) atoms. The Morgan fingerprint density at radius 2 is 1.66 bits per heavy atom. The summed E-state index contributed by atoms with van der Waals surface area (Å²) in [6, 6.07) is 16.5. The number of amides is 1. The molecule has 196 valence electrons. The number of hydrogen-bond donors (Lipinski definition) is 1. The smallest absolute Gasteiger partial charge is 0.338 e. The van der Waals surface area contributed by atoms with Crippen LogP contribution in [0.4, 0.5) is 5.69 Å². The zero-order chi connectivity index (χ0) is 27.7. The maximum absolute atomic E-state index is 13.6. The van der Waals surface area contributed by atoms with Crippen LogP contribution < -0.4 is 9.64 Å². The summed E-state index contributed by atoms with van der Waals surface area (Å²) in [4.78, 5) is 41.0. The van der Waals surface area contributed by atoms with E-state index in [0.29, 0.717) is 22.6 Å². The Bertz CT molecular complexity index is 1470. The van der Waals surface area contributed by atoms with E-state index < -0.39 is 23.7 Å². The van der Waals surface area contributed by atoms with Crippen LogP contribution in [0.2, 0.25) is 0 Å². The fourth-order valence-corrected chi connectivity index (χ4v) is 4.87. The van der Waals surface area contributed by atoms with Crippen molar-refractivity contribution in [3.8, 4) is 5.75 Å². The molecule has 0 aromatic heterocycles. The van der Waals surface area contributed by atoms with Gasteiger partial charge in [0.15, 0.2) is 0 Å². The van der Waals surface area contributed by atoms with Crippen molar-refractivity contribution in [3.05, 3.63) is 99.6 Å². The predicted molar refractivity (Wildman–Crippen MR) is 145 cm³/mol. The maximum atomic E-state index is 13.6. The minimum Gasteiger partial charge on any atom is -0.507 e. The molecule has 7 nitrogen and oxygen atoms in total. The van der Waals surface area contributed by atoms with Crippen LogP contribution in [0.1, 0.15) is 58.1 Å². The second kappa shape index (κ2) is 10.5. The number of aliphatic hydroxyl groups excluding tert-OH is 1. The highest BCUT2D eigenvalue weighted by atomic mass is 16.5. The molecule has 1 amide bonds. The topological polar surface area (TPSA) is 93.1 Å². The van der Waals surface area contributed by atoms with E-state index in [1.165, 1.54) is 18.1 Å². The molecule has 1 fully saturated rings. The van der Waals surface area contributed by atoms with Gasteiger partial charge in [-0.1, -0.05) is 42.0 Å². The van der Waals surface area contributed by atoms with Crippen LogP contribution in [0.5, 0.6) is 5.75 Å². The average Bonchev–Trinajstić information content (AvgIpc) is 3.13. The summed E-state index contributed by atoms with van der Waals surface area (Å²) in [5, 5.41) is 11.6. The first-order chi connectivity index (χ1) is 18.0. The lowest BCUT2D eigenvalue weighted by Crippen LogP contribution is -2.29. The number of rotatable bonds is 6. The monoisotopic (exact) mass is 513 g/mol. The number of carbonyl (C=O) groups is 3. The highest BCUT2D eigenvalue weighted by Gasteiger charge is 2.47. The number of anilines is 1. The lowest BCUT2D eigenvalue weighted by Gasteiger charge is -2.26. The molecule has 3 aromatic rings. The van der Waals surface area contributed by atoms with Gasteiger partial charge in [-0.25, -0.2) is 4.79 Å². The van der Waals surface area contributed by atoms with Crippen LogP contribution >= 0.6 is 0 Å². The van der Waals surface area contributed by atoms with Gasteiger partial charge in [-0.3, -0.25) is 14.5 Å². The highest BCUT2D eigenvalue weighted by Crippen LogP contribution is 2.44. The van der Waals surface area contributed by atoms with Gasteiger partial charge < -0.3 is 14.6 Å². The van der Waals surface area contributed by atoms with E-state index in [2.05, 4.69) is 0 Å². The number of nitrogens with zero attached hydrogens (tertiary/aromatic N) is 1. The van der Waals surface area contributed by atoms with Gasteiger partial charge in [0.2, 0.25) is 0 Å². The van der Waals surface area contributed by atoms with E-state index in [9.17, 15) is 19.5 Å². The van der Waals surface area contributed by atoms with Gasteiger partial charge in [-0.05, 0) is 75.6 Å². The van der Waals surface area contributed by atoms with Crippen molar-refractivity contribution in [1.82, 2.24) is 0 Å². The van der Waals surface area contributed by atoms with E-state index in [1.807, 2.05) is 45.0 Å². The normalized spacial score (nSPS) is 16.7. The number of ether oxygens (including phenoxy) is 2. The summed E-state index contributed by atoms with van der Waals surface area (Å²) in [6.07, 6.45) is -0.319. The SMILES string of the molecule is COc1c(C)cc(C)cc1/C(O)=C1\C(=O)C(=O)N(c2cccc(C(=O)OC(C)C)c2)C1c1cccc(C)c1. The summed E-state index contributed by atoms with van der Waals surface area (Å²) in [5.74, 6) is -2.08. The number of carbonyl (C=O) groups excluding carboxylic acids is 3. The Balaban J connectivity index is 1.96. The number of Topliss-reactive ketones (excluding diaryl/α,β-unsaturated/α-hetero) is 1. The zero-order valence-corrected chi connectivity index (χ0v) is 22.4. The van der Waals surface area contributed by atoms with Crippen molar-refractivity contribution < 1.29 is 29.0 Å². The third kappa shape index (κ3) is 4.92. The van der Waals surface area contributed by atoms with Crippen LogP contribution in [-0.2, 0) is 14.3 Å². The molecule has 7 heteroatoms. The summed E-state index contributed by atoms with van der Waals surface area (Å²) in [7, 11) is 1.49. The van der Waals surface area contributed by atoms with Crippen molar-refractivity contribution >= 4 is 29.1 Å². The van der Waals surface area contributed by atoms with Gasteiger partial charge in [-0.2, -0.15) is 0 Å². The summed E-state index contributed by atoms with van der Waals surface area (Å²) < 4.78 is 10.9. The molecule has 0 spiro atoms. The van der Waals surface area contributed by atoms with Gasteiger partial charge in [0.1, 0.15) is 11.5 Å². The second-order valence-corrected chi connectivity index (χ2v) is 9.75. The molecule has 0 aliphatic carbocycles. The fraction of sp³-hybridized carbons (Fsp3) is 0.258. The molecular formula is C31H31NO6. The predicted octanol–water partition coefficient (Wildman–Crippen LogP) is 5.81. The Labute approximate surface area is 222 Å². The van der Waals surface area contributed by atoms with Gasteiger partial charge >= 0.3 is 5.97 Å². The molecule has 0 radical (unpaired) electrons. The summed E-state index contributed by atoms with van der Waals surface area (Å²) in [6.45, 7) is 9.13. The average molecular weight is 514 g/mol. The standard InChI is InChI=1S/C31H31NO6/c1-17(2)38-31(36)22-11-8-12-23(16-22)32-26(21-10-7-9-18(3)14-21)25(28(34)30(32)35)27(33)24-15-19(4)13-20(5)29(24)37-6/h7-17,26,33H,1-6H3/b27-25+. The van der Waals surface area contributed by atoms with Crippen molar-refractivity contribution in [2.45, 2.75) is 46.8 Å². The van der Waals surface area contributed by atoms with Crippen LogP contribution in [0.25, 0.3) is 5.76 Å². The van der Waals surface area contributed by atoms with E-state index in [-0.39, 0.29) is 23.0 Å².